The second kappa shape index (κ2) is 7.36. The molecule has 0 saturated heterocycles. The smallest absolute Gasteiger partial charge is 0.252 e. The zero-order valence-corrected chi connectivity index (χ0v) is 13.7. The highest BCUT2D eigenvalue weighted by Gasteiger charge is 2.11. The number of amides is 1. The van der Waals surface area contributed by atoms with Gasteiger partial charge in [-0.1, -0.05) is 30.3 Å². The van der Waals surface area contributed by atoms with Crippen molar-refractivity contribution in [2.45, 2.75) is 6.42 Å². The van der Waals surface area contributed by atoms with Crippen molar-refractivity contribution in [1.82, 2.24) is 25.1 Å². The molecule has 0 radical (unpaired) electrons. The van der Waals surface area contributed by atoms with Gasteiger partial charge in [0.1, 0.15) is 17.6 Å². The van der Waals surface area contributed by atoms with Gasteiger partial charge >= 0.3 is 0 Å². The van der Waals surface area contributed by atoms with Crippen molar-refractivity contribution >= 4 is 5.91 Å². The van der Waals surface area contributed by atoms with Crippen LogP contribution in [0.15, 0.2) is 48.7 Å². The van der Waals surface area contributed by atoms with Gasteiger partial charge in [-0.25, -0.2) is 4.98 Å². The third kappa shape index (κ3) is 3.70. The van der Waals surface area contributed by atoms with E-state index in [1.807, 2.05) is 48.0 Å². The summed E-state index contributed by atoms with van der Waals surface area (Å²) in [6, 6.07) is 14.8. The van der Waals surface area contributed by atoms with Crippen LogP contribution in [0.5, 0.6) is 0 Å². The van der Waals surface area contributed by atoms with E-state index >= 15 is 0 Å². The maximum absolute atomic E-state index is 12.1. The van der Waals surface area contributed by atoms with Gasteiger partial charge in [-0.2, -0.15) is 5.26 Å². The third-order valence-electron chi connectivity index (χ3n) is 3.77. The van der Waals surface area contributed by atoms with Crippen LogP contribution < -0.4 is 5.32 Å². The lowest BCUT2D eigenvalue weighted by atomic mass is 10.2. The number of nitriles is 1. The lowest BCUT2D eigenvalue weighted by molar-refractivity contribution is 0.0953. The minimum atomic E-state index is -0.234. The van der Waals surface area contributed by atoms with E-state index in [1.165, 1.54) is 12.3 Å². The molecule has 7 heteroatoms. The number of hydrogen-bond acceptors (Lipinski definition) is 5. The first-order valence-electron chi connectivity index (χ1n) is 7.77. The van der Waals surface area contributed by atoms with Crippen molar-refractivity contribution in [3.8, 4) is 17.5 Å². The predicted octanol–water partition coefficient (Wildman–Crippen LogP) is 1.72. The van der Waals surface area contributed by atoms with Crippen LogP contribution in [0.25, 0.3) is 11.4 Å². The molecule has 0 aliphatic rings. The van der Waals surface area contributed by atoms with Crippen LogP contribution >= 0.6 is 0 Å². The molecule has 1 amide bonds. The average molecular weight is 332 g/mol. The number of carbonyl (C=O) groups excluding carboxylic acids is 1. The van der Waals surface area contributed by atoms with E-state index in [0.29, 0.717) is 18.5 Å². The summed E-state index contributed by atoms with van der Waals surface area (Å²) in [5.74, 6) is 1.35. The fourth-order valence-corrected chi connectivity index (χ4v) is 2.40. The van der Waals surface area contributed by atoms with Gasteiger partial charge in [0.25, 0.3) is 5.91 Å². The molecule has 0 unspecified atom stereocenters. The minimum Gasteiger partial charge on any atom is -0.352 e. The highest BCUT2D eigenvalue weighted by molar-refractivity contribution is 5.93. The van der Waals surface area contributed by atoms with Gasteiger partial charge in [0.2, 0.25) is 0 Å². The van der Waals surface area contributed by atoms with Crippen molar-refractivity contribution in [2.24, 2.45) is 7.05 Å². The zero-order chi connectivity index (χ0) is 17.6. The molecule has 0 aliphatic heterocycles. The summed E-state index contributed by atoms with van der Waals surface area (Å²) in [5, 5.41) is 20.0. The van der Waals surface area contributed by atoms with E-state index in [0.717, 1.165) is 17.2 Å². The number of carbonyl (C=O) groups is 1. The SMILES string of the molecule is Cn1c(CCNC(=O)c2ccc(C#N)nc2)nnc1-c1ccccc1. The molecule has 0 bridgehead atoms. The molecular weight excluding hydrogens is 316 g/mol. The van der Waals surface area contributed by atoms with E-state index in [2.05, 4.69) is 20.5 Å². The van der Waals surface area contributed by atoms with Gasteiger partial charge in [0.05, 0.1) is 5.56 Å². The summed E-state index contributed by atoms with van der Waals surface area (Å²) in [6.07, 6.45) is 1.95. The van der Waals surface area contributed by atoms with Crippen LogP contribution in [0.2, 0.25) is 0 Å². The van der Waals surface area contributed by atoms with Gasteiger partial charge < -0.3 is 9.88 Å². The second-order valence-corrected chi connectivity index (χ2v) is 5.41. The van der Waals surface area contributed by atoms with Crippen molar-refractivity contribution in [2.75, 3.05) is 6.54 Å². The first kappa shape index (κ1) is 16.3. The third-order valence-corrected chi connectivity index (χ3v) is 3.77. The molecule has 3 aromatic rings. The number of benzene rings is 1. The Labute approximate surface area is 145 Å². The number of pyridine rings is 1. The lowest BCUT2D eigenvalue weighted by Crippen LogP contribution is -2.26. The average Bonchev–Trinajstić information content (AvgIpc) is 3.03. The van der Waals surface area contributed by atoms with Crippen molar-refractivity contribution in [3.63, 3.8) is 0 Å². The largest absolute Gasteiger partial charge is 0.352 e. The number of aromatic nitrogens is 4. The Morgan fingerprint density at radius 3 is 2.68 bits per heavy atom. The van der Waals surface area contributed by atoms with Crippen molar-refractivity contribution in [1.29, 1.82) is 5.26 Å². The molecule has 0 saturated carbocycles. The fourth-order valence-electron chi connectivity index (χ4n) is 2.40. The summed E-state index contributed by atoms with van der Waals surface area (Å²) in [4.78, 5) is 16.0. The van der Waals surface area contributed by atoms with E-state index in [4.69, 9.17) is 5.26 Å². The van der Waals surface area contributed by atoms with Crippen LogP contribution in [0.1, 0.15) is 21.9 Å². The minimum absolute atomic E-state index is 0.234. The van der Waals surface area contributed by atoms with E-state index in [1.54, 1.807) is 6.07 Å². The Balaban J connectivity index is 1.60. The topological polar surface area (TPSA) is 96.5 Å². The Morgan fingerprint density at radius 1 is 1.20 bits per heavy atom. The normalized spacial score (nSPS) is 10.2. The molecule has 0 aliphatic carbocycles. The van der Waals surface area contributed by atoms with Gasteiger partial charge in [-0.05, 0) is 12.1 Å². The van der Waals surface area contributed by atoms with Crippen LogP contribution in [-0.2, 0) is 13.5 Å². The highest BCUT2D eigenvalue weighted by Crippen LogP contribution is 2.16. The Bertz CT molecular complexity index is 909. The molecule has 0 atom stereocenters. The van der Waals surface area contributed by atoms with E-state index < -0.39 is 0 Å². The maximum Gasteiger partial charge on any atom is 0.252 e. The zero-order valence-electron chi connectivity index (χ0n) is 13.7. The highest BCUT2D eigenvalue weighted by atomic mass is 16.1. The predicted molar refractivity (Wildman–Crippen MR) is 91.4 cm³/mol. The Kier molecular flexibility index (Phi) is 4.81. The molecule has 0 spiro atoms. The molecule has 1 aromatic carbocycles. The Morgan fingerprint density at radius 2 is 2.00 bits per heavy atom. The fraction of sp³-hybridized carbons (Fsp3) is 0.167. The number of nitrogens with zero attached hydrogens (tertiary/aromatic N) is 5. The number of nitrogens with one attached hydrogen (secondary N) is 1. The van der Waals surface area contributed by atoms with Crippen LogP contribution in [0, 0.1) is 11.3 Å². The molecular formula is C18H16N6O. The molecule has 2 aromatic heterocycles. The summed E-state index contributed by atoms with van der Waals surface area (Å²) in [7, 11) is 1.91. The molecule has 2 heterocycles. The monoisotopic (exact) mass is 332 g/mol. The maximum atomic E-state index is 12.1. The molecule has 1 N–H and O–H groups in total. The summed E-state index contributed by atoms with van der Waals surface area (Å²) in [6.45, 7) is 0.430. The standard InChI is InChI=1S/C18H16N6O/c1-24-16(22-23-17(24)13-5-3-2-4-6-13)9-10-20-18(25)14-7-8-15(11-19)21-12-14/h2-8,12H,9-10H2,1H3,(H,20,25). The molecule has 3 rings (SSSR count). The molecule has 0 fully saturated rings. The van der Waals surface area contributed by atoms with Gasteiger partial charge in [0.15, 0.2) is 5.82 Å². The Hall–Kier alpha value is -3.53. The first-order chi connectivity index (χ1) is 12.2. The molecule has 7 nitrogen and oxygen atoms in total. The van der Waals surface area contributed by atoms with E-state index in [9.17, 15) is 4.79 Å². The first-order valence-corrected chi connectivity index (χ1v) is 7.77. The van der Waals surface area contributed by atoms with Crippen LogP contribution in [-0.4, -0.2) is 32.2 Å². The lowest BCUT2D eigenvalue weighted by Gasteiger charge is -2.06. The molecule has 124 valence electrons. The van der Waals surface area contributed by atoms with Crippen molar-refractivity contribution < 1.29 is 4.79 Å². The summed E-state index contributed by atoms with van der Waals surface area (Å²) >= 11 is 0. The van der Waals surface area contributed by atoms with Crippen LogP contribution in [0.4, 0.5) is 0 Å². The number of hydrogen-bond donors (Lipinski definition) is 1. The summed E-state index contributed by atoms with van der Waals surface area (Å²) in [5.41, 5.74) is 1.70. The quantitative estimate of drug-likeness (QED) is 0.767. The van der Waals surface area contributed by atoms with E-state index in [-0.39, 0.29) is 11.6 Å². The summed E-state index contributed by atoms with van der Waals surface area (Å²) < 4.78 is 1.92. The van der Waals surface area contributed by atoms with Gasteiger partial charge in [-0.3, -0.25) is 4.79 Å². The van der Waals surface area contributed by atoms with Crippen LogP contribution in [0.3, 0.4) is 0 Å². The number of rotatable bonds is 5. The van der Waals surface area contributed by atoms with Gasteiger partial charge in [-0.15, -0.1) is 10.2 Å². The van der Waals surface area contributed by atoms with Crippen molar-refractivity contribution in [3.05, 3.63) is 65.7 Å². The second-order valence-electron chi connectivity index (χ2n) is 5.41. The van der Waals surface area contributed by atoms with Gasteiger partial charge in [0, 0.05) is 31.8 Å². The molecule has 25 heavy (non-hydrogen) atoms.